The molecule has 4 nitrogen and oxygen atoms in total. The van der Waals surface area contributed by atoms with E-state index in [0.29, 0.717) is 18.4 Å². The molecule has 1 saturated heterocycles. The van der Waals surface area contributed by atoms with E-state index in [2.05, 4.69) is 12.2 Å². The van der Waals surface area contributed by atoms with E-state index in [9.17, 15) is 4.79 Å². The molecule has 16 heavy (non-hydrogen) atoms. The Labute approximate surface area is 98.0 Å². The van der Waals surface area contributed by atoms with Crippen LogP contribution < -0.4 is 5.32 Å². The molecule has 2 N–H and O–H groups in total. The molecule has 2 amide bonds. The summed E-state index contributed by atoms with van der Waals surface area (Å²) in [5.41, 5.74) is 0. The van der Waals surface area contributed by atoms with Gasteiger partial charge < -0.3 is 15.3 Å². The van der Waals surface area contributed by atoms with Crippen molar-refractivity contribution in [3.8, 4) is 0 Å². The Morgan fingerprint density at radius 3 is 3.00 bits per heavy atom. The molecular formula is C12H24N2O2. The number of hydrogen-bond donors (Lipinski definition) is 2. The van der Waals surface area contributed by atoms with Crippen LogP contribution in [0.4, 0.5) is 4.79 Å². The van der Waals surface area contributed by atoms with Crippen molar-refractivity contribution < 1.29 is 9.90 Å². The fourth-order valence-electron chi connectivity index (χ4n) is 2.07. The van der Waals surface area contributed by atoms with Crippen LogP contribution in [0.2, 0.25) is 0 Å². The largest absolute Gasteiger partial charge is 0.396 e. The molecule has 2 atom stereocenters. The Hall–Kier alpha value is -0.770. The Bertz CT molecular complexity index is 221. The van der Waals surface area contributed by atoms with Crippen LogP contribution in [-0.4, -0.2) is 42.3 Å². The smallest absolute Gasteiger partial charge is 0.317 e. The summed E-state index contributed by atoms with van der Waals surface area (Å²) in [6.07, 6.45) is 3.09. The molecule has 2 unspecified atom stereocenters. The third-order valence-corrected chi connectivity index (χ3v) is 3.17. The summed E-state index contributed by atoms with van der Waals surface area (Å²) in [6.45, 7) is 6.83. The van der Waals surface area contributed by atoms with E-state index >= 15 is 0 Å². The van der Waals surface area contributed by atoms with Crippen LogP contribution in [0.3, 0.4) is 0 Å². The van der Waals surface area contributed by atoms with Gasteiger partial charge in [-0.15, -0.1) is 0 Å². The zero-order chi connectivity index (χ0) is 12.0. The van der Waals surface area contributed by atoms with Crippen LogP contribution in [0.5, 0.6) is 0 Å². The van der Waals surface area contributed by atoms with Gasteiger partial charge in [-0.3, -0.25) is 0 Å². The van der Waals surface area contributed by atoms with Crippen molar-refractivity contribution in [2.45, 2.75) is 33.1 Å². The highest BCUT2D eigenvalue weighted by molar-refractivity contribution is 5.74. The second kappa shape index (κ2) is 6.74. The Morgan fingerprint density at radius 1 is 1.62 bits per heavy atom. The molecule has 1 aliphatic heterocycles. The number of likely N-dealkylation sites (tertiary alicyclic amines) is 1. The van der Waals surface area contributed by atoms with E-state index in [1.54, 1.807) is 0 Å². The number of urea groups is 1. The monoisotopic (exact) mass is 228 g/mol. The summed E-state index contributed by atoms with van der Waals surface area (Å²) in [5, 5.41) is 11.7. The minimum Gasteiger partial charge on any atom is -0.396 e. The van der Waals surface area contributed by atoms with Crippen molar-refractivity contribution >= 4 is 6.03 Å². The minimum absolute atomic E-state index is 0.0522. The maximum Gasteiger partial charge on any atom is 0.317 e. The summed E-state index contributed by atoms with van der Waals surface area (Å²) < 4.78 is 0. The van der Waals surface area contributed by atoms with Crippen LogP contribution in [0.1, 0.15) is 33.1 Å². The van der Waals surface area contributed by atoms with Gasteiger partial charge in [0.05, 0.1) is 0 Å². The number of nitrogens with one attached hydrogen (secondary N) is 1. The first-order valence-corrected chi connectivity index (χ1v) is 6.27. The molecule has 0 spiro atoms. The van der Waals surface area contributed by atoms with Crippen molar-refractivity contribution in [1.29, 1.82) is 0 Å². The minimum atomic E-state index is 0.0522. The highest BCUT2D eigenvalue weighted by Gasteiger charge is 2.20. The standard InChI is InChI=1S/C12H24N2O2/c1-10(5-7-15)8-13-12(16)14-6-3-4-11(2)9-14/h10-11,15H,3-9H2,1-2H3,(H,13,16). The van der Waals surface area contributed by atoms with E-state index in [1.165, 1.54) is 6.42 Å². The average molecular weight is 228 g/mol. The summed E-state index contributed by atoms with van der Waals surface area (Å²) in [6, 6.07) is 0.0522. The molecule has 0 aliphatic carbocycles. The van der Waals surface area contributed by atoms with Crippen molar-refractivity contribution in [2.75, 3.05) is 26.2 Å². The number of rotatable bonds is 4. The molecule has 1 rings (SSSR count). The molecule has 1 heterocycles. The highest BCUT2D eigenvalue weighted by atomic mass is 16.3. The maximum atomic E-state index is 11.8. The second-order valence-electron chi connectivity index (χ2n) is 5.00. The third kappa shape index (κ3) is 4.39. The van der Waals surface area contributed by atoms with E-state index in [1.807, 2.05) is 11.8 Å². The molecule has 0 bridgehead atoms. The van der Waals surface area contributed by atoms with Gasteiger partial charge in [-0.1, -0.05) is 13.8 Å². The van der Waals surface area contributed by atoms with Gasteiger partial charge in [-0.2, -0.15) is 0 Å². The van der Waals surface area contributed by atoms with Gasteiger partial charge in [0.1, 0.15) is 0 Å². The van der Waals surface area contributed by atoms with Gasteiger partial charge in [-0.05, 0) is 31.1 Å². The number of aliphatic hydroxyl groups is 1. The first-order valence-electron chi connectivity index (χ1n) is 6.27. The van der Waals surface area contributed by atoms with Gasteiger partial charge in [0.25, 0.3) is 0 Å². The number of carbonyl (C=O) groups is 1. The zero-order valence-corrected chi connectivity index (χ0v) is 10.4. The number of piperidine rings is 1. The molecule has 94 valence electrons. The summed E-state index contributed by atoms with van der Waals surface area (Å²) in [4.78, 5) is 13.7. The average Bonchev–Trinajstić information content (AvgIpc) is 2.26. The first kappa shape index (κ1) is 13.3. The van der Waals surface area contributed by atoms with Crippen molar-refractivity contribution in [2.24, 2.45) is 11.8 Å². The van der Waals surface area contributed by atoms with Crippen LogP contribution >= 0.6 is 0 Å². The second-order valence-corrected chi connectivity index (χ2v) is 5.00. The normalized spacial score (nSPS) is 22.9. The number of nitrogens with zero attached hydrogens (tertiary/aromatic N) is 1. The fourth-order valence-corrected chi connectivity index (χ4v) is 2.07. The number of amides is 2. The summed E-state index contributed by atoms with van der Waals surface area (Å²) >= 11 is 0. The molecule has 1 fully saturated rings. The number of aliphatic hydroxyl groups excluding tert-OH is 1. The van der Waals surface area contributed by atoms with Crippen LogP contribution in [-0.2, 0) is 0 Å². The Kier molecular flexibility index (Phi) is 5.60. The van der Waals surface area contributed by atoms with Crippen molar-refractivity contribution in [3.05, 3.63) is 0 Å². The lowest BCUT2D eigenvalue weighted by atomic mass is 10.0. The predicted molar refractivity (Wildman–Crippen MR) is 64.2 cm³/mol. The third-order valence-electron chi connectivity index (χ3n) is 3.17. The summed E-state index contributed by atoms with van der Waals surface area (Å²) in [7, 11) is 0. The summed E-state index contributed by atoms with van der Waals surface area (Å²) in [5.74, 6) is 0.963. The predicted octanol–water partition coefficient (Wildman–Crippen LogP) is 1.45. The van der Waals surface area contributed by atoms with Crippen LogP contribution in [0.25, 0.3) is 0 Å². The number of hydrogen-bond acceptors (Lipinski definition) is 2. The number of carbonyl (C=O) groups excluding carboxylic acids is 1. The fraction of sp³-hybridized carbons (Fsp3) is 0.917. The molecule has 1 aliphatic rings. The quantitative estimate of drug-likeness (QED) is 0.765. The highest BCUT2D eigenvalue weighted by Crippen LogP contribution is 2.15. The molecule has 0 saturated carbocycles. The SMILES string of the molecule is CC(CCO)CNC(=O)N1CCCC(C)C1. The first-order chi connectivity index (χ1) is 7.63. The van der Waals surface area contributed by atoms with E-state index in [4.69, 9.17) is 5.11 Å². The zero-order valence-electron chi connectivity index (χ0n) is 10.4. The van der Waals surface area contributed by atoms with Gasteiger partial charge >= 0.3 is 6.03 Å². The molecule has 0 aromatic carbocycles. The lowest BCUT2D eigenvalue weighted by Gasteiger charge is -2.31. The van der Waals surface area contributed by atoms with Crippen molar-refractivity contribution in [3.63, 3.8) is 0 Å². The molecule has 0 aromatic rings. The topological polar surface area (TPSA) is 52.6 Å². The van der Waals surface area contributed by atoms with E-state index in [0.717, 1.165) is 25.9 Å². The van der Waals surface area contributed by atoms with Crippen molar-refractivity contribution in [1.82, 2.24) is 10.2 Å². The molecule has 0 aromatic heterocycles. The Balaban J connectivity index is 2.23. The van der Waals surface area contributed by atoms with Crippen LogP contribution in [0, 0.1) is 11.8 Å². The maximum absolute atomic E-state index is 11.8. The van der Waals surface area contributed by atoms with Gasteiger partial charge in [-0.25, -0.2) is 4.79 Å². The Morgan fingerprint density at radius 2 is 2.38 bits per heavy atom. The van der Waals surface area contributed by atoms with E-state index < -0.39 is 0 Å². The van der Waals surface area contributed by atoms with Gasteiger partial charge in [0.2, 0.25) is 0 Å². The van der Waals surface area contributed by atoms with Gasteiger partial charge in [0, 0.05) is 26.2 Å². The van der Waals surface area contributed by atoms with E-state index in [-0.39, 0.29) is 12.6 Å². The molecular weight excluding hydrogens is 204 g/mol. The van der Waals surface area contributed by atoms with Gasteiger partial charge in [0.15, 0.2) is 0 Å². The molecule has 4 heteroatoms. The lowest BCUT2D eigenvalue weighted by Crippen LogP contribution is -2.46. The van der Waals surface area contributed by atoms with Crippen LogP contribution in [0.15, 0.2) is 0 Å². The molecule has 0 radical (unpaired) electrons. The lowest BCUT2D eigenvalue weighted by molar-refractivity contribution is 0.167.